The second-order valence-electron chi connectivity index (χ2n) is 4.83. The molecule has 0 aromatic carbocycles. The Morgan fingerprint density at radius 3 is 2.94 bits per heavy atom. The Bertz CT molecular complexity index is 440. The molecule has 1 fully saturated rings. The highest BCUT2D eigenvalue weighted by molar-refractivity contribution is 5.87. The molecule has 0 bridgehead atoms. The molecular weight excluding hydrogens is 228 g/mol. The maximum atomic E-state index is 11.6. The number of piperazine rings is 1. The standard InChI is InChI=1S/C13H20N4O/c1-4-13(18)17-6-5-15(8-12(17)3)10-16-7-11(2)14-9-16/h4,7,9,12H,1,5-6,8,10H2,2-3H3/t12-/m0/s1. The number of hydrogen-bond acceptors (Lipinski definition) is 3. The molecule has 2 heterocycles. The van der Waals surface area contributed by atoms with Crippen molar-refractivity contribution in [2.45, 2.75) is 26.6 Å². The van der Waals surface area contributed by atoms with Crippen LogP contribution in [0.4, 0.5) is 0 Å². The Balaban J connectivity index is 1.92. The fraction of sp³-hybridized carbons (Fsp3) is 0.538. The van der Waals surface area contributed by atoms with Gasteiger partial charge in [-0.2, -0.15) is 0 Å². The highest BCUT2D eigenvalue weighted by Crippen LogP contribution is 2.11. The van der Waals surface area contributed by atoms with Crippen LogP contribution in [0.5, 0.6) is 0 Å². The minimum atomic E-state index is 0.0284. The maximum Gasteiger partial charge on any atom is 0.246 e. The van der Waals surface area contributed by atoms with Crippen LogP contribution in [0, 0.1) is 6.92 Å². The highest BCUT2D eigenvalue weighted by Gasteiger charge is 2.25. The molecule has 1 amide bonds. The summed E-state index contributed by atoms with van der Waals surface area (Å²) in [6, 6.07) is 0.230. The third kappa shape index (κ3) is 2.79. The molecule has 0 aliphatic carbocycles. The summed E-state index contributed by atoms with van der Waals surface area (Å²) in [5.74, 6) is 0.0284. The molecule has 0 spiro atoms. The van der Waals surface area contributed by atoms with Crippen LogP contribution >= 0.6 is 0 Å². The van der Waals surface area contributed by atoms with Crippen molar-refractivity contribution in [2.24, 2.45) is 0 Å². The molecule has 1 aliphatic rings. The smallest absolute Gasteiger partial charge is 0.246 e. The van der Waals surface area contributed by atoms with E-state index in [1.54, 1.807) is 0 Å². The Morgan fingerprint density at radius 1 is 1.61 bits per heavy atom. The first-order chi connectivity index (χ1) is 8.60. The van der Waals surface area contributed by atoms with Crippen LogP contribution in [0.25, 0.3) is 0 Å². The molecule has 5 heteroatoms. The predicted octanol–water partition coefficient (Wildman–Crippen LogP) is 0.868. The summed E-state index contributed by atoms with van der Waals surface area (Å²) in [7, 11) is 0. The van der Waals surface area contributed by atoms with E-state index < -0.39 is 0 Å². The predicted molar refractivity (Wildman–Crippen MR) is 69.9 cm³/mol. The first kappa shape index (κ1) is 12.8. The van der Waals surface area contributed by atoms with Gasteiger partial charge in [0.05, 0.1) is 18.7 Å². The van der Waals surface area contributed by atoms with Crippen molar-refractivity contribution in [2.75, 3.05) is 19.6 Å². The second kappa shape index (κ2) is 5.35. The lowest BCUT2D eigenvalue weighted by atomic mass is 10.2. The van der Waals surface area contributed by atoms with Gasteiger partial charge in [0, 0.05) is 31.9 Å². The van der Waals surface area contributed by atoms with Crippen LogP contribution in [0.15, 0.2) is 25.2 Å². The maximum absolute atomic E-state index is 11.6. The van der Waals surface area contributed by atoms with Crippen LogP contribution in [0.2, 0.25) is 0 Å². The fourth-order valence-electron chi connectivity index (χ4n) is 2.39. The number of carbonyl (C=O) groups is 1. The number of aromatic nitrogens is 2. The van der Waals surface area contributed by atoms with E-state index in [1.165, 1.54) is 6.08 Å². The van der Waals surface area contributed by atoms with Crippen LogP contribution in [-0.4, -0.2) is 50.9 Å². The summed E-state index contributed by atoms with van der Waals surface area (Å²) in [6.45, 7) is 11.0. The highest BCUT2D eigenvalue weighted by atomic mass is 16.2. The molecule has 0 N–H and O–H groups in total. The van der Waals surface area contributed by atoms with Crippen molar-refractivity contribution < 1.29 is 4.79 Å². The lowest BCUT2D eigenvalue weighted by Crippen LogP contribution is -2.53. The minimum absolute atomic E-state index is 0.0284. The first-order valence-corrected chi connectivity index (χ1v) is 6.24. The van der Waals surface area contributed by atoms with E-state index in [2.05, 4.69) is 28.0 Å². The van der Waals surface area contributed by atoms with Crippen LogP contribution in [0.3, 0.4) is 0 Å². The van der Waals surface area contributed by atoms with Gasteiger partial charge in [-0.25, -0.2) is 4.98 Å². The van der Waals surface area contributed by atoms with Gasteiger partial charge in [-0.1, -0.05) is 6.58 Å². The van der Waals surface area contributed by atoms with E-state index in [0.29, 0.717) is 0 Å². The summed E-state index contributed by atoms with van der Waals surface area (Å²) in [5, 5.41) is 0. The molecule has 2 rings (SSSR count). The average Bonchev–Trinajstić information content (AvgIpc) is 2.74. The van der Waals surface area contributed by atoms with E-state index in [0.717, 1.165) is 32.0 Å². The lowest BCUT2D eigenvalue weighted by molar-refractivity contribution is -0.130. The van der Waals surface area contributed by atoms with Crippen molar-refractivity contribution in [1.29, 1.82) is 0 Å². The van der Waals surface area contributed by atoms with Gasteiger partial charge in [0.15, 0.2) is 0 Å². The molecule has 0 saturated carbocycles. The van der Waals surface area contributed by atoms with Gasteiger partial charge in [0.1, 0.15) is 0 Å². The van der Waals surface area contributed by atoms with Crippen molar-refractivity contribution in [3.63, 3.8) is 0 Å². The third-order valence-corrected chi connectivity index (χ3v) is 3.29. The van der Waals surface area contributed by atoms with E-state index >= 15 is 0 Å². The number of carbonyl (C=O) groups excluding carboxylic acids is 1. The Morgan fingerprint density at radius 2 is 2.39 bits per heavy atom. The fourth-order valence-corrected chi connectivity index (χ4v) is 2.39. The van der Waals surface area contributed by atoms with Crippen molar-refractivity contribution in [3.8, 4) is 0 Å². The Kier molecular flexibility index (Phi) is 3.81. The van der Waals surface area contributed by atoms with E-state index in [9.17, 15) is 4.79 Å². The lowest BCUT2D eigenvalue weighted by Gasteiger charge is -2.39. The van der Waals surface area contributed by atoms with Crippen LogP contribution in [-0.2, 0) is 11.5 Å². The van der Waals surface area contributed by atoms with Gasteiger partial charge in [-0.05, 0) is 19.9 Å². The summed E-state index contributed by atoms with van der Waals surface area (Å²) < 4.78 is 2.08. The summed E-state index contributed by atoms with van der Waals surface area (Å²) in [4.78, 5) is 20.0. The van der Waals surface area contributed by atoms with Gasteiger partial charge in [-0.3, -0.25) is 9.69 Å². The normalized spacial score (nSPS) is 21.0. The largest absolute Gasteiger partial charge is 0.334 e. The molecule has 1 aromatic rings. The number of aryl methyl sites for hydroxylation is 1. The van der Waals surface area contributed by atoms with Gasteiger partial charge < -0.3 is 9.47 Å². The van der Waals surface area contributed by atoms with E-state index in [-0.39, 0.29) is 11.9 Å². The van der Waals surface area contributed by atoms with E-state index in [4.69, 9.17) is 0 Å². The molecule has 1 aliphatic heterocycles. The minimum Gasteiger partial charge on any atom is -0.334 e. The van der Waals surface area contributed by atoms with Crippen LogP contribution < -0.4 is 0 Å². The number of rotatable bonds is 3. The summed E-state index contributed by atoms with van der Waals surface area (Å²) in [6.07, 6.45) is 5.28. The number of nitrogens with zero attached hydrogens (tertiary/aromatic N) is 4. The SMILES string of the molecule is C=CC(=O)N1CCN(Cn2cnc(C)c2)C[C@@H]1C. The molecule has 1 saturated heterocycles. The Labute approximate surface area is 108 Å². The topological polar surface area (TPSA) is 41.4 Å². The first-order valence-electron chi connectivity index (χ1n) is 6.24. The second-order valence-corrected chi connectivity index (χ2v) is 4.83. The molecule has 18 heavy (non-hydrogen) atoms. The third-order valence-electron chi connectivity index (χ3n) is 3.29. The van der Waals surface area contributed by atoms with Gasteiger partial charge in [0.25, 0.3) is 0 Å². The van der Waals surface area contributed by atoms with Gasteiger partial charge >= 0.3 is 0 Å². The molecule has 0 radical (unpaired) electrons. The van der Waals surface area contributed by atoms with Crippen molar-refractivity contribution in [3.05, 3.63) is 30.9 Å². The molecule has 0 unspecified atom stereocenters. The quantitative estimate of drug-likeness (QED) is 0.745. The zero-order chi connectivity index (χ0) is 13.1. The molecule has 1 aromatic heterocycles. The summed E-state index contributed by atoms with van der Waals surface area (Å²) >= 11 is 0. The zero-order valence-corrected chi connectivity index (χ0v) is 11.0. The van der Waals surface area contributed by atoms with Crippen molar-refractivity contribution >= 4 is 5.91 Å². The number of hydrogen-bond donors (Lipinski definition) is 0. The van der Waals surface area contributed by atoms with Gasteiger partial charge in [-0.15, -0.1) is 0 Å². The summed E-state index contributed by atoms with van der Waals surface area (Å²) in [5.41, 5.74) is 1.03. The average molecular weight is 248 g/mol. The molecule has 98 valence electrons. The zero-order valence-electron chi connectivity index (χ0n) is 11.0. The van der Waals surface area contributed by atoms with E-state index in [1.807, 2.05) is 24.3 Å². The molecule has 5 nitrogen and oxygen atoms in total. The number of imidazole rings is 1. The molecular formula is C13H20N4O. The van der Waals surface area contributed by atoms with Crippen LogP contribution in [0.1, 0.15) is 12.6 Å². The van der Waals surface area contributed by atoms with Crippen molar-refractivity contribution in [1.82, 2.24) is 19.4 Å². The van der Waals surface area contributed by atoms with Gasteiger partial charge in [0.2, 0.25) is 5.91 Å². The monoisotopic (exact) mass is 248 g/mol. The Hall–Kier alpha value is -1.62. The molecule has 1 atom stereocenters. The number of amides is 1.